The number of hydrogen-bond donors (Lipinski definition) is 1. The molecule has 0 aromatic heterocycles. The lowest BCUT2D eigenvalue weighted by atomic mass is 10.1. The lowest BCUT2D eigenvalue weighted by Gasteiger charge is -2.10. The highest BCUT2D eigenvalue weighted by Crippen LogP contribution is 2.03. The van der Waals surface area contributed by atoms with Crippen molar-refractivity contribution in [2.24, 2.45) is 5.92 Å². The van der Waals surface area contributed by atoms with E-state index in [0.29, 0.717) is 0 Å². The SMILES string of the molecule is CCCC(C)CNCCCCCCBr. The van der Waals surface area contributed by atoms with Gasteiger partial charge in [-0.05, 0) is 38.3 Å². The Kier molecular flexibility index (Phi) is 11.9. The highest BCUT2D eigenvalue weighted by Gasteiger charge is 1.98. The first-order valence-electron chi connectivity index (χ1n) is 6.08. The molecular weight excluding hydrogens is 238 g/mol. The highest BCUT2D eigenvalue weighted by atomic mass is 79.9. The minimum Gasteiger partial charge on any atom is -0.316 e. The summed E-state index contributed by atoms with van der Waals surface area (Å²) in [6.07, 6.45) is 8.08. The third-order valence-electron chi connectivity index (χ3n) is 2.51. The second-order valence-electron chi connectivity index (χ2n) is 4.20. The first-order valence-corrected chi connectivity index (χ1v) is 7.20. The fourth-order valence-corrected chi connectivity index (χ4v) is 2.04. The van der Waals surface area contributed by atoms with Gasteiger partial charge in [0, 0.05) is 5.33 Å². The molecule has 0 bridgehead atoms. The van der Waals surface area contributed by atoms with Crippen LogP contribution in [0.4, 0.5) is 0 Å². The first kappa shape index (κ1) is 14.4. The van der Waals surface area contributed by atoms with Crippen molar-refractivity contribution in [3.05, 3.63) is 0 Å². The monoisotopic (exact) mass is 263 g/mol. The van der Waals surface area contributed by atoms with Crippen molar-refractivity contribution in [3.8, 4) is 0 Å². The van der Waals surface area contributed by atoms with E-state index in [4.69, 9.17) is 0 Å². The molecule has 1 nitrogen and oxygen atoms in total. The van der Waals surface area contributed by atoms with Gasteiger partial charge in [-0.3, -0.25) is 0 Å². The number of halogens is 1. The Morgan fingerprint density at radius 3 is 2.50 bits per heavy atom. The van der Waals surface area contributed by atoms with Crippen LogP contribution in [0, 0.1) is 5.92 Å². The predicted octanol–water partition coefficient (Wildman–Crippen LogP) is 3.97. The zero-order valence-corrected chi connectivity index (χ0v) is 11.4. The molecule has 86 valence electrons. The van der Waals surface area contributed by atoms with Gasteiger partial charge in [0.15, 0.2) is 0 Å². The summed E-state index contributed by atoms with van der Waals surface area (Å²) in [6.45, 7) is 7.00. The van der Waals surface area contributed by atoms with Crippen LogP contribution in [-0.4, -0.2) is 18.4 Å². The van der Waals surface area contributed by atoms with Crippen molar-refractivity contribution < 1.29 is 0 Å². The third kappa shape index (κ3) is 10.5. The van der Waals surface area contributed by atoms with Crippen LogP contribution in [-0.2, 0) is 0 Å². The molecular formula is C12H26BrN. The number of nitrogens with one attached hydrogen (secondary N) is 1. The highest BCUT2D eigenvalue weighted by molar-refractivity contribution is 9.09. The second kappa shape index (κ2) is 11.5. The molecule has 0 saturated heterocycles. The maximum Gasteiger partial charge on any atom is 0.00313 e. The zero-order chi connectivity index (χ0) is 10.6. The summed E-state index contributed by atoms with van der Waals surface area (Å²) in [5, 5.41) is 4.70. The Hall–Kier alpha value is 0.440. The normalized spacial score (nSPS) is 13.1. The van der Waals surface area contributed by atoms with E-state index in [0.717, 1.165) is 11.2 Å². The predicted molar refractivity (Wildman–Crippen MR) is 69.2 cm³/mol. The molecule has 0 aliphatic rings. The van der Waals surface area contributed by atoms with E-state index < -0.39 is 0 Å². The van der Waals surface area contributed by atoms with Crippen molar-refractivity contribution in [2.45, 2.75) is 52.4 Å². The van der Waals surface area contributed by atoms with E-state index >= 15 is 0 Å². The van der Waals surface area contributed by atoms with Gasteiger partial charge in [0.05, 0.1) is 0 Å². The van der Waals surface area contributed by atoms with E-state index in [9.17, 15) is 0 Å². The van der Waals surface area contributed by atoms with Crippen LogP contribution in [0.2, 0.25) is 0 Å². The summed E-state index contributed by atoms with van der Waals surface area (Å²) in [4.78, 5) is 0. The molecule has 1 unspecified atom stereocenters. The van der Waals surface area contributed by atoms with Crippen molar-refractivity contribution in [1.29, 1.82) is 0 Å². The minimum atomic E-state index is 0.850. The quantitative estimate of drug-likeness (QED) is 0.465. The van der Waals surface area contributed by atoms with Gasteiger partial charge in [-0.2, -0.15) is 0 Å². The maximum absolute atomic E-state index is 3.54. The Morgan fingerprint density at radius 2 is 1.86 bits per heavy atom. The van der Waals surface area contributed by atoms with Gasteiger partial charge >= 0.3 is 0 Å². The average molecular weight is 264 g/mol. The van der Waals surface area contributed by atoms with Crippen LogP contribution in [0.1, 0.15) is 52.4 Å². The van der Waals surface area contributed by atoms with Crippen LogP contribution in [0.5, 0.6) is 0 Å². The van der Waals surface area contributed by atoms with E-state index in [1.165, 1.54) is 51.6 Å². The molecule has 14 heavy (non-hydrogen) atoms. The Balaban J connectivity index is 2.98. The number of unbranched alkanes of at least 4 members (excludes halogenated alkanes) is 3. The van der Waals surface area contributed by atoms with Crippen molar-refractivity contribution in [2.75, 3.05) is 18.4 Å². The molecule has 0 aliphatic carbocycles. The molecule has 0 rings (SSSR count). The summed E-state index contributed by atoms with van der Waals surface area (Å²) >= 11 is 3.45. The topological polar surface area (TPSA) is 12.0 Å². The van der Waals surface area contributed by atoms with Crippen LogP contribution < -0.4 is 5.32 Å². The van der Waals surface area contributed by atoms with E-state index in [2.05, 4.69) is 35.1 Å². The molecule has 1 N–H and O–H groups in total. The third-order valence-corrected chi connectivity index (χ3v) is 3.07. The lowest BCUT2D eigenvalue weighted by molar-refractivity contribution is 0.468. The number of alkyl halides is 1. The molecule has 0 amide bonds. The Bertz CT molecular complexity index is 106. The van der Waals surface area contributed by atoms with Gasteiger partial charge in [0.25, 0.3) is 0 Å². The summed E-state index contributed by atoms with van der Waals surface area (Å²) < 4.78 is 0. The number of hydrogen-bond acceptors (Lipinski definition) is 1. The van der Waals surface area contributed by atoms with E-state index in [1.807, 2.05) is 0 Å². The fourth-order valence-electron chi connectivity index (χ4n) is 1.64. The van der Waals surface area contributed by atoms with E-state index in [-0.39, 0.29) is 0 Å². The molecule has 0 radical (unpaired) electrons. The van der Waals surface area contributed by atoms with Crippen molar-refractivity contribution in [1.82, 2.24) is 5.32 Å². The summed E-state index contributed by atoms with van der Waals surface area (Å²) in [5.41, 5.74) is 0. The Labute approximate surface area is 98.2 Å². The molecule has 2 heteroatoms. The van der Waals surface area contributed by atoms with Crippen molar-refractivity contribution in [3.63, 3.8) is 0 Å². The van der Waals surface area contributed by atoms with Gasteiger partial charge < -0.3 is 5.32 Å². The zero-order valence-electron chi connectivity index (χ0n) is 9.82. The number of rotatable bonds is 10. The molecule has 0 aromatic carbocycles. The molecule has 0 fully saturated rings. The second-order valence-corrected chi connectivity index (χ2v) is 4.99. The molecule has 0 aliphatic heterocycles. The maximum atomic E-state index is 3.54. The summed E-state index contributed by atoms with van der Waals surface area (Å²) in [5.74, 6) is 0.850. The van der Waals surface area contributed by atoms with Gasteiger partial charge in [-0.25, -0.2) is 0 Å². The summed E-state index contributed by atoms with van der Waals surface area (Å²) in [7, 11) is 0. The van der Waals surface area contributed by atoms with Crippen LogP contribution in [0.15, 0.2) is 0 Å². The molecule has 0 aromatic rings. The average Bonchev–Trinajstić information content (AvgIpc) is 2.17. The molecule has 0 heterocycles. The standard InChI is InChI=1S/C12H26BrN/c1-3-8-12(2)11-14-10-7-5-4-6-9-13/h12,14H,3-11H2,1-2H3. The first-order chi connectivity index (χ1) is 6.81. The van der Waals surface area contributed by atoms with Gasteiger partial charge in [-0.15, -0.1) is 0 Å². The van der Waals surface area contributed by atoms with Crippen molar-refractivity contribution >= 4 is 15.9 Å². The largest absolute Gasteiger partial charge is 0.316 e. The molecule has 0 spiro atoms. The minimum absolute atomic E-state index is 0.850. The van der Waals surface area contributed by atoms with Crippen LogP contribution in [0.25, 0.3) is 0 Å². The van der Waals surface area contributed by atoms with Crippen LogP contribution >= 0.6 is 15.9 Å². The fraction of sp³-hybridized carbons (Fsp3) is 1.00. The molecule has 1 atom stereocenters. The molecule has 0 saturated carbocycles. The van der Waals surface area contributed by atoms with E-state index in [1.54, 1.807) is 0 Å². The summed E-state index contributed by atoms with van der Waals surface area (Å²) in [6, 6.07) is 0. The Morgan fingerprint density at radius 1 is 1.14 bits per heavy atom. The lowest BCUT2D eigenvalue weighted by Crippen LogP contribution is -2.22. The smallest absolute Gasteiger partial charge is 0.00313 e. The van der Waals surface area contributed by atoms with Crippen LogP contribution in [0.3, 0.4) is 0 Å². The van der Waals surface area contributed by atoms with Gasteiger partial charge in [-0.1, -0.05) is 49.0 Å². The van der Waals surface area contributed by atoms with Gasteiger partial charge in [0.1, 0.15) is 0 Å². The van der Waals surface area contributed by atoms with Gasteiger partial charge in [0.2, 0.25) is 0 Å².